The summed E-state index contributed by atoms with van der Waals surface area (Å²) in [6, 6.07) is 6.84. The number of hydrogen-bond donors (Lipinski definition) is 2. The van der Waals surface area contributed by atoms with Gasteiger partial charge in [0, 0.05) is 17.2 Å². The van der Waals surface area contributed by atoms with Gasteiger partial charge < -0.3 is 20.1 Å². The van der Waals surface area contributed by atoms with Crippen LogP contribution in [-0.4, -0.2) is 24.8 Å². The molecule has 0 aliphatic carbocycles. The van der Waals surface area contributed by atoms with Crippen molar-refractivity contribution < 1.29 is 19.2 Å². The van der Waals surface area contributed by atoms with Gasteiger partial charge in [0.05, 0.1) is 17.7 Å². The van der Waals surface area contributed by atoms with Gasteiger partial charge in [0.2, 0.25) is 0 Å². The number of anilines is 1. The van der Waals surface area contributed by atoms with Crippen molar-refractivity contribution in [2.45, 2.75) is 13.8 Å². The van der Waals surface area contributed by atoms with Crippen molar-refractivity contribution in [3.05, 3.63) is 56.6 Å². The van der Waals surface area contributed by atoms with Gasteiger partial charge in [-0.1, -0.05) is 11.6 Å². The number of halogens is 1. The number of amides is 2. The summed E-state index contributed by atoms with van der Waals surface area (Å²) >= 11 is 6.09. The normalized spacial score (nSPS) is 10.2. The SMILES string of the molecule is COc1ccc([N+](=O)[O-])cc1NC(=O)NCOc1cc(C)c(Cl)c(C)c1. The Morgan fingerprint density at radius 1 is 1.23 bits per heavy atom. The van der Waals surface area contributed by atoms with E-state index in [9.17, 15) is 14.9 Å². The third-order valence-electron chi connectivity index (χ3n) is 3.52. The van der Waals surface area contributed by atoms with Gasteiger partial charge in [0.1, 0.15) is 11.5 Å². The molecule has 2 rings (SSSR count). The molecule has 0 saturated heterocycles. The van der Waals surface area contributed by atoms with E-state index in [2.05, 4.69) is 10.6 Å². The predicted molar refractivity (Wildman–Crippen MR) is 98.2 cm³/mol. The molecule has 0 atom stereocenters. The van der Waals surface area contributed by atoms with E-state index in [-0.39, 0.29) is 18.1 Å². The maximum absolute atomic E-state index is 12.0. The summed E-state index contributed by atoms with van der Waals surface area (Å²) in [5.74, 6) is 0.869. The fraction of sp³-hybridized carbons (Fsp3) is 0.235. The van der Waals surface area contributed by atoms with Crippen molar-refractivity contribution >= 4 is 29.0 Å². The van der Waals surface area contributed by atoms with Crippen molar-refractivity contribution in [1.82, 2.24) is 5.32 Å². The van der Waals surface area contributed by atoms with Crippen molar-refractivity contribution in [2.24, 2.45) is 0 Å². The second-order valence-electron chi connectivity index (χ2n) is 5.43. The molecule has 0 fully saturated rings. The zero-order valence-corrected chi connectivity index (χ0v) is 15.2. The van der Waals surface area contributed by atoms with Crippen molar-refractivity contribution in [1.29, 1.82) is 0 Å². The summed E-state index contributed by atoms with van der Waals surface area (Å²) in [7, 11) is 1.40. The average Bonchev–Trinajstić information content (AvgIpc) is 2.59. The lowest BCUT2D eigenvalue weighted by molar-refractivity contribution is -0.384. The van der Waals surface area contributed by atoms with E-state index >= 15 is 0 Å². The van der Waals surface area contributed by atoms with Crippen LogP contribution in [0.25, 0.3) is 0 Å². The molecule has 2 aromatic carbocycles. The predicted octanol–water partition coefficient (Wildman–Crippen LogP) is 4.03. The Balaban J connectivity index is 1.97. The van der Waals surface area contributed by atoms with E-state index in [0.29, 0.717) is 16.5 Å². The number of ether oxygens (including phenoxy) is 2. The topological polar surface area (TPSA) is 103 Å². The van der Waals surface area contributed by atoms with Crippen LogP contribution in [0.4, 0.5) is 16.2 Å². The molecule has 0 aliphatic rings. The number of methoxy groups -OCH3 is 1. The molecule has 0 aromatic heterocycles. The van der Waals surface area contributed by atoms with E-state index in [0.717, 1.165) is 11.1 Å². The minimum Gasteiger partial charge on any atom is -0.495 e. The van der Waals surface area contributed by atoms with Crippen molar-refractivity contribution in [3.63, 3.8) is 0 Å². The number of aryl methyl sites for hydroxylation is 2. The number of carbonyl (C=O) groups excluding carboxylic acids is 1. The molecule has 9 heteroatoms. The van der Waals surface area contributed by atoms with E-state index < -0.39 is 11.0 Å². The fourth-order valence-corrected chi connectivity index (χ4v) is 2.36. The molecule has 0 aliphatic heterocycles. The molecule has 0 unspecified atom stereocenters. The van der Waals surface area contributed by atoms with Gasteiger partial charge in [-0.25, -0.2) is 4.79 Å². The lowest BCUT2D eigenvalue weighted by atomic mass is 10.1. The van der Waals surface area contributed by atoms with Crippen LogP contribution in [0.5, 0.6) is 11.5 Å². The monoisotopic (exact) mass is 379 g/mol. The maximum Gasteiger partial charge on any atom is 0.321 e. The highest BCUT2D eigenvalue weighted by atomic mass is 35.5. The number of benzene rings is 2. The summed E-state index contributed by atoms with van der Waals surface area (Å²) < 4.78 is 10.6. The van der Waals surface area contributed by atoms with Crippen LogP contribution in [0.3, 0.4) is 0 Å². The Morgan fingerprint density at radius 3 is 2.46 bits per heavy atom. The molecular weight excluding hydrogens is 362 g/mol. The third kappa shape index (κ3) is 4.76. The van der Waals surface area contributed by atoms with Gasteiger partial charge >= 0.3 is 6.03 Å². The molecule has 138 valence electrons. The second kappa shape index (κ2) is 8.39. The van der Waals surface area contributed by atoms with E-state index in [1.165, 1.54) is 25.3 Å². The van der Waals surface area contributed by atoms with Crippen LogP contribution in [0.15, 0.2) is 30.3 Å². The van der Waals surface area contributed by atoms with E-state index in [4.69, 9.17) is 21.1 Å². The minimum absolute atomic E-state index is 0.0937. The molecule has 2 N–H and O–H groups in total. The maximum atomic E-state index is 12.0. The summed E-state index contributed by atoms with van der Waals surface area (Å²) in [4.78, 5) is 22.3. The fourth-order valence-electron chi connectivity index (χ4n) is 2.25. The number of urea groups is 1. The highest BCUT2D eigenvalue weighted by molar-refractivity contribution is 6.32. The molecule has 0 bridgehead atoms. The average molecular weight is 380 g/mol. The number of nitrogens with one attached hydrogen (secondary N) is 2. The first-order valence-electron chi connectivity index (χ1n) is 7.58. The first kappa shape index (κ1) is 19.3. The first-order chi connectivity index (χ1) is 12.3. The van der Waals surface area contributed by atoms with Gasteiger partial charge in [-0.2, -0.15) is 0 Å². The van der Waals surface area contributed by atoms with Crippen molar-refractivity contribution in [2.75, 3.05) is 19.2 Å². The molecule has 8 nitrogen and oxygen atoms in total. The van der Waals surface area contributed by atoms with E-state index in [1.807, 2.05) is 13.8 Å². The number of nitrogens with zero attached hydrogens (tertiary/aromatic N) is 1. The lowest BCUT2D eigenvalue weighted by Crippen LogP contribution is -2.32. The molecular formula is C17H18ClN3O5. The van der Waals surface area contributed by atoms with Gasteiger partial charge in [-0.05, 0) is 43.2 Å². The lowest BCUT2D eigenvalue weighted by Gasteiger charge is -2.13. The van der Waals surface area contributed by atoms with Crippen LogP contribution in [0.1, 0.15) is 11.1 Å². The largest absolute Gasteiger partial charge is 0.495 e. The summed E-state index contributed by atoms with van der Waals surface area (Å²) in [6.45, 7) is 3.62. The van der Waals surface area contributed by atoms with Gasteiger partial charge in [0.25, 0.3) is 5.69 Å². The summed E-state index contributed by atoms with van der Waals surface area (Å²) in [5.41, 5.74) is 1.75. The Morgan fingerprint density at radius 2 is 1.88 bits per heavy atom. The molecule has 2 aromatic rings. The van der Waals surface area contributed by atoms with Crippen LogP contribution in [0.2, 0.25) is 5.02 Å². The molecule has 0 saturated carbocycles. The first-order valence-corrected chi connectivity index (χ1v) is 7.96. The zero-order chi connectivity index (χ0) is 19.3. The Kier molecular flexibility index (Phi) is 6.24. The van der Waals surface area contributed by atoms with Crippen LogP contribution >= 0.6 is 11.6 Å². The Hall–Kier alpha value is -3.00. The number of carbonyl (C=O) groups is 1. The van der Waals surface area contributed by atoms with Crippen molar-refractivity contribution in [3.8, 4) is 11.5 Å². The quantitative estimate of drug-likeness (QED) is 0.448. The van der Waals surface area contributed by atoms with E-state index in [1.54, 1.807) is 12.1 Å². The molecule has 0 heterocycles. The van der Waals surface area contributed by atoms with Gasteiger partial charge in [0.15, 0.2) is 6.73 Å². The highest BCUT2D eigenvalue weighted by Gasteiger charge is 2.13. The minimum atomic E-state index is -0.591. The molecule has 2 amide bonds. The number of rotatable bonds is 6. The summed E-state index contributed by atoms with van der Waals surface area (Å²) in [6.07, 6.45) is 0. The molecule has 0 radical (unpaired) electrons. The number of nitro benzene ring substituents is 1. The summed E-state index contributed by atoms with van der Waals surface area (Å²) in [5, 5.41) is 16.5. The van der Waals surface area contributed by atoms with Gasteiger partial charge in [-0.15, -0.1) is 0 Å². The number of nitro groups is 1. The Labute approximate surface area is 155 Å². The molecule has 26 heavy (non-hydrogen) atoms. The second-order valence-corrected chi connectivity index (χ2v) is 5.81. The van der Waals surface area contributed by atoms with Crippen LogP contribution < -0.4 is 20.1 Å². The standard InChI is InChI=1S/C17H18ClN3O5/c1-10-6-13(7-11(2)16(10)18)26-9-19-17(22)20-14-8-12(21(23)24)4-5-15(14)25-3/h4-8H,9H2,1-3H3,(H2,19,20,22). The zero-order valence-electron chi connectivity index (χ0n) is 14.5. The Bertz CT molecular complexity index is 818. The van der Waals surface area contributed by atoms with Crippen LogP contribution in [0, 0.1) is 24.0 Å². The van der Waals surface area contributed by atoms with Gasteiger partial charge in [-0.3, -0.25) is 10.1 Å². The number of hydrogen-bond acceptors (Lipinski definition) is 5. The highest BCUT2D eigenvalue weighted by Crippen LogP contribution is 2.29. The van der Waals surface area contributed by atoms with Crippen LogP contribution in [-0.2, 0) is 0 Å². The smallest absolute Gasteiger partial charge is 0.321 e. The third-order valence-corrected chi connectivity index (χ3v) is 4.12. The number of non-ortho nitro benzene ring substituents is 1. The molecule has 0 spiro atoms.